The van der Waals surface area contributed by atoms with E-state index in [4.69, 9.17) is 5.73 Å². The molecule has 106 valence electrons. The van der Waals surface area contributed by atoms with Gasteiger partial charge in [0.25, 0.3) is 0 Å². The molecule has 0 bridgehead atoms. The molecule has 1 heterocycles. The predicted molar refractivity (Wildman–Crippen MR) is 75.3 cm³/mol. The van der Waals surface area contributed by atoms with Gasteiger partial charge in [-0.3, -0.25) is 4.79 Å². The summed E-state index contributed by atoms with van der Waals surface area (Å²) in [7, 11) is 0. The standard InChI is InChI=1S/C14H29N3O/c1-3-5-13(15)14(18)16-8-4-9-17-10-6-12(2)7-11-17/h12-13H,3-11,15H2,1-2H3,(H,16,18). The lowest BCUT2D eigenvalue weighted by molar-refractivity contribution is -0.122. The van der Waals surface area contributed by atoms with Crippen molar-refractivity contribution < 1.29 is 4.79 Å². The molecule has 0 aromatic carbocycles. The Hall–Kier alpha value is -0.610. The van der Waals surface area contributed by atoms with E-state index in [1.165, 1.54) is 25.9 Å². The fraction of sp³-hybridized carbons (Fsp3) is 0.929. The van der Waals surface area contributed by atoms with Gasteiger partial charge in [0, 0.05) is 6.54 Å². The highest BCUT2D eigenvalue weighted by molar-refractivity contribution is 5.81. The predicted octanol–water partition coefficient (Wildman–Crippen LogP) is 1.35. The number of rotatable bonds is 7. The second kappa shape index (κ2) is 8.48. The first-order chi connectivity index (χ1) is 8.63. The summed E-state index contributed by atoms with van der Waals surface area (Å²) in [6, 6.07) is -0.328. The molecule has 0 aliphatic carbocycles. The highest BCUT2D eigenvalue weighted by Gasteiger charge is 2.15. The van der Waals surface area contributed by atoms with Crippen LogP contribution < -0.4 is 11.1 Å². The molecule has 0 aromatic rings. The smallest absolute Gasteiger partial charge is 0.236 e. The van der Waals surface area contributed by atoms with Crippen LogP contribution in [0.5, 0.6) is 0 Å². The monoisotopic (exact) mass is 255 g/mol. The molecule has 1 rings (SSSR count). The van der Waals surface area contributed by atoms with Gasteiger partial charge in [-0.15, -0.1) is 0 Å². The lowest BCUT2D eigenvalue weighted by atomic mass is 9.99. The van der Waals surface area contributed by atoms with Gasteiger partial charge in [-0.1, -0.05) is 20.3 Å². The van der Waals surface area contributed by atoms with Gasteiger partial charge in [-0.25, -0.2) is 0 Å². The van der Waals surface area contributed by atoms with E-state index in [1.54, 1.807) is 0 Å². The molecule has 1 atom stereocenters. The van der Waals surface area contributed by atoms with Crippen molar-refractivity contribution in [3.63, 3.8) is 0 Å². The summed E-state index contributed by atoms with van der Waals surface area (Å²) in [6.45, 7) is 8.64. The number of likely N-dealkylation sites (tertiary alicyclic amines) is 1. The summed E-state index contributed by atoms with van der Waals surface area (Å²) in [5, 5.41) is 2.92. The van der Waals surface area contributed by atoms with Crippen LogP contribution >= 0.6 is 0 Å². The summed E-state index contributed by atoms with van der Waals surface area (Å²) >= 11 is 0. The molecule has 18 heavy (non-hydrogen) atoms. The molecule has 0 saturated carbocycles. The van der Waals surface area contributed by atoms with E-state index in [0.717, 1.165) is 38.3 Å². The van der Waals surface area contributed by atoms with Crippen molar-refractivity contribution in [2.75, 3.05) is 26.2 Å². The average molecular weight is 255 g/mol. The Balaban J connectivity index is 2.02. The van der Waals surface area contributed by atoms with Gasteiger partial charge in [-0.2, -0.15) is 0 Å². The van der Waals surface area contributed by atoms with Crippen molar-refractivity contribution in [3.05, 3.63) is 0 Å². The summed E-state index contributed by atoms with van der Waals surface area (Å²) < 4.78 is 0. The van der Waals surface area contributed by atoms with E-state index in [9.17, 15) is 4.79 Å². The third-order valence-electron chi connectivity index (χ3n) is 3.76. The first-order valence-corrected chi connectivity index (χ1v) is 7.39. The van der Waals surface area contributed by atoms with E-state index in [1.807, 2.05) is 6.92 Å². The molecule has 3 N–H and O–H groups in total. The molecule has 1 fully saturated rings. The molecule has 1 amide bonds. The Morgan fingerprint density at radius 3 is 2.72 bits per heavy atom. The number of nitrogens with two attached hydrogens (primary N) is 1. The lowest BCUT2D eigenvalue weighted by Gasteiger charge is -2.30. The number of hydrogen-bond acceptors (Lipinski definition) is 3. The van der Waals surface area contributed by atoms with Crippen LogP contribution in [0.2, 0.25) is 0 Å². The maximum atomic E-state index is 11.6. The molecule has 0 aromatic heterocycles. The van der Waals surface area contributed by atoms with Crippen molar-refractivity contribution in [2.24, 2.45) is 11.7 Å². The van der Waals surface area contributed by atoms with Gasteiger partial charge in [0.05, 0.1) is 6.04 Å². The molecular weight excluding hydrogens is 226 g/mol. The zero-order chi connectivity index (χ0) is 13.4. The normalized spacial score (nSPS) is 19.7. The van der Waals surface area contributed by atoms with Crippen molar-refractivity contribution in [2.45, 2.75) is 52.0 Å². The molecule has 1 aliphatic rings. The van der Waals surface area contributed by atoms with Gasteiger partial charge in [-0.05, 0) is 51.2 Å². The zero-order valence-electron chi connectivity index (χ0n) is 12.0. The van der Waals surface area contributed by atoms with Gasteiger partial charge >= 0.3 is 0 Å². The molecule has 4 heteroatoms. The van der Waals surface area contributed by atoms with Crippen LogP contribution in [0.1, 0.15) is 46.0 Å². The first-order valence-electron chi connectivity index (χ1n) is 7.39. The van der Waals surface area contributed by atoms with Gasteiger partial charge in [0.15, 0.2) is 0 Å². The minimum absolute atomic E-state index is 0.00381. The molecule has 1 saturated heterocycles. The van der Waals surface area contributed by atoms with Crippen LogP contribution in [0.15, 0.2) is 0 Å². The quantitative estimate of drug-likeness (QED) is 0.675. The topological polar surface area (TPSA) is 58.4 Å². The Kier molecular flexibility index (Phi) is 7.28. The van der Waals surface area contributed by atoms with Crippen molar-refractivity contribution >= 4 is 5.91 Å². The zero-order valence-corrected chi connectivity index (χ0v) is 12.0. The molecular formula is C14H29N3O. The number of carbonyl (C=O) groups is 1. The third kappa shape index (κ3) is 5.83. The molecule has 0 spiro atoms. The van der Waals surface area contributed by atoms with Crippen LogP contribution in [-0.2, 0) is 4.79 Å². The number of nitrogens with one attached hydrogen (secondary N) is 1. The lowest BCUT2D eigenvalue weighted by Crippen LogP contribution is -2.41. The minimum Gasteiger partial charge on any atom is -0.355 e. The van der Waals surface area contributed by atoms with Crippen molar-refractivity contribution in [3.8, 4) is 0 Å². The Morgan fingerprint density at radius 2 is 2.11 bits per heavy atom. The number of carbonyl (C=O) groups excluding carboxylic acids is 1. The second-order valence-corrected chi connectivity index (χ2v) is 5.56. The summed E-state index contributed by atoms with van der Waals surface area (Å²) in [6.07, 6.45) is 5.39. The van der Waals surface area contributed by atoms with Crippen molar-refractivity contribution in [1.82, 2.24) is 10.2 Å². The van der Waals surface area contributed by atoms with E-state index in [0.29, 0.717) is 0 Å². The number of piperidine rings is 1. The summed E-state index contributed by atoms with van der Waals surface area (Å²) in [5.74, 6) is 0.886. The highest BCUT2D eigenvalue weighted by Crippen LogP contribution is 2.15. The van der Waals surface area contributed by atoms with Crippen LogP contribution in [0.3, 0.4) is 0 Å². The third-order valence-corrected chi connectivity index (χ3v) is 3.76. The van der Waals surface area contributed by atoms with Gasteiger partial charge < -0.3 is 16.0 Å². The number of hydrogen-bond donors (Lipinski definition) is 2. The second-order valence-electron chi connectivity index (χ2n) is 5.56. The largest absolute Gasteiger partial charge is 0.355 e. The Bertz CT molecular complexity index is 237. The molecule has 0 radical (unpaired) electrons. The van der Waals surface area contributed by atoms with Crippen LogP contribution in [0.4, 0.5) is 0 Å². The minimum atomic E-state index is -0.328. The van der Waals surface area contributed by atoms with Crippen LogP contribution in [0, 0.1) is 5.92 Å². The highest BCUT2D eigenvalue weighted by atomic mass is 16.2. The van der Waals surface area contributed by atoms with Gasteiger partial charge in [0.2, 0.25) is 5.91 Å². The van der Waals surface area contributed by atoms with E-state index in [-0.39, 0.29) is 11.9 Å². The van der Waals surface area contributed by atoms with Crippen LogP contribution in [-0.4, -0.2) is 43.0 Å². The molecule has 4 nitrogen and oxygen atoms in total. The maximum absolute atomic E-state index is 11.6. The Morgan fingerprint density at radius 1 is 1.44 bits per heavy atom. The summed E-state index contributed by atoms with van der Waals surface area (Å²) in [5.41, 5.74) is 5.75. The number of amides is 1. The molecule has 1 unspecified atom stereocenters. The Labute approximate surface area is 111 Å². The van der Waals surface area contributed by atoms with E-state index >= 15 is 0 Å². The fourth-order valence-corrected chi connectivity index (χ4v) is 2.37. The maximum Gasteiger partial charge on any atom is 0.236 e. The summed E-state index contributed by atoms with van der Waals surface area (Å²) in [4.78, 5) is 14.1. The fourth-order valence-electron chi connectivity index (χ4n) is 2.37. The molecule has 1 aliphatic heterocycles. The van der Waals surface area contributed by atoms with Gasteiger partial charge in [0.1, 0.15) is 0 Å². The van der Waals surface area contributed by atoms with E-state index < -0.39 is 0 Å². The number of nitrogens with zero attached hydrogens (tertiary/aromatic N) is 1. The first kappa shape index (κ1) is 15.4. The van der Waals surface area contributed by atoms with Crippen LogP contribution in [0.25, 0.3) is 0 Å². The van der Waals surface area contributed by atoms with Crippen molar-refractivity contribution in [1.29, 1.82) is 0 Å². The SMILES string of the molecule is CCCC(N)C(=O)NCCCN1CCC(C)CC1. The average Bonchev–Trinajstić information content (AvgIpc) is 2.36. The van der Waals surface area contributed by atoms with E-state index in [2.05, 4.69) is 17.1 Å².